The number of phenolic OH excluding ortho intramolecular Hbond substituents is 3. The smallest absolute Gasteiger partial charge is 0.297 e. The van der Waals surface area contributed by atoms with Crippen LogP contribution in [-0.2, 0) is 9.47 Å². The molecule has 6 atom stereocenters. The fraction of sp³-hybridized carbons (Fsp3) is 0.312. The highest BCUT2D eigenvalue weighted by Gasteiger charge is 2.47. The molecule has 0 aromatic heterocycles. The van der Waals surface area contributed by atoms with Gasteiger partial charge >= 0.3 is 0 Å². The van der Waals surface area contributed by atoms with E-state index in [0.29, 0.717) is 28.0 Å². The van der Waals surface area contributed by atoms with Crippen molar-refractivity contribution in [2.75, 3.05) is 27.9 Å². The number of allylic oxidation sites excluding steroid dienone is 2. The molecule has 6 unspecified atom stereocenters. The Morgan fingerprint density at radius 2 is 1.57 bits per heavy atom. The minimum absolute atomic E-state index is 0.0264. The molecule has 1 fully saturated rings. The zero-order chi connectivity index (χ0) is 32.9. The summed E-state index contributed by atoms with van der Waals surface area (Å²) in [7, 11) is 4.23. The van der Waals surface area contributed by atoms with Gasteiger partial charge in [-0.15, -0.1) is 0 Å². The Bertz CT molecular complexity index is 1690. The first-order chi connectivity index (χ1) is 22.1. The predicted octanol–water partition coefficient (Wildman–Crippen LogP) is 1.79. The van der Waals surface area contributed by atoms with Crippen molar-refractivity contribution >= 4 is 11.3 Å². The maximum absolute atomic E-state index is 10.9. The van der Waals surface area contributed by atoms with Gasteiger partial charge in [-0.3, -0.25) is 0 Å². The third-order valence-corrected chi connectivity index (χ3v) is 7.96. The molecule has 14 nitrogen and oxygen atoms in total. The van der Waals surface area contributed by atoms with Crippen LogP contribution in [0.25, 0.3) is 11.3 Å². The first kappa shape index (κ1) is 31.1. The third-order valence-electron chi connectivity index (χ3n) is 7.96. The second-order valence-electron chi connectivity index (χ2n) is 10.7. The van der Waals surface area contributed by atoms with Crippen molar-refractivity contribution in [1.29, 1.82) is 0 Å². The highest BCUT2D eigenvalue weighted by molar-refractivity contribution is 5.93. The molecule has 0 radical (unpaired) electrons. The molecule has 0 aliphatic carbocycles. The number of benzene rings is 3. The van der Waals surface area contributed by atoms with Gasteiger partial charge < -0.3 is 68.9 Å². The van der Waals surface area contributed by atoms with Gasteiger partial charge in [-0.05, 0) is 30.3 Å². The van der Waals surface area contributed by atoms with Gasteiger partial charge in [-0.1, -0.05) is 0 Å². The topological polar surface area (TPSA) is 210 Å². The number of methoxy groups -OCH3 is 2. The number of aliphatic hydroxyl groups is 5. The molecular weight excluding hydrogens is 608 g/mol. The maximum atomic E-state index is 10.9. The highest BCUT2D eigenvalue weighted by Crippen LogP contribution is 2.54. The summed E-state index contributed by atoms with van der Waals surface area (Å²) >= 11 is 0. The summed E-state index contributed by atoms with van der Waals surface area (Å²) in [6.07, 6.45) is -7.54. The lowest BCUT2D eigenvalue weighted by molar-refractivity contribution is -0.293. The molecule has 6 rings (SSSR count). The summed E-state index contributed by atoms with van der Waals surface area (Å²) < 4.78 is 39.4. The number of rotatable bonds is 8. The number of ether oxygens (including phenoxy) is 7. The number of aromatic hydroxyl groups is 4. The normalized spacial score (nSPS) is 25.1. The molecule has 8 N–H and O–H groups in total. The molecule has 3 aromatic rings. The Morgan fingerprint density at radius 1 is 0.870 bits per heavy atom. The van der Waals surface area contributed by atoms with Gasteiger partial charge in [0.15, 0.2) is 30.5 Å². The maximum Gasteiger partial charge on any atom is 0.297 e. The van der Waals surface area contributed by atoms with Crippen LogP contribution in [0.2, 0.25) is 0 Å². The van der Waals surface area contributed by atoms with Crippen molar-refractivity contribution in [3.63, 3.8) is 0 Å². The lowest BCUT2D eigenvalue weighted by Crippen LogP contribution is -2.59. The van der Waals surface area contributed by atoms with E-state index in [9.17, 15) is 35.7 Å². The van der Waals surface area contributed by atoms with E-state index in [4.69, 9.17) is 28.4 Å². The molecule has 3 aromatic carbocycles. The summed E-state index contributed by atoms with van der Waals surface area (Å²) in [5.41, 5.74) is 1.57. The number of hydrogen-bond donors (Lipinski definition) is 7. The van der Waals surface area contributed by atoms with Gasteiger partial charge in [0.05, 0.1) is 26.4 Å². The SMILES string of the molecule is COc1cc(C2Oc3cc(O)cc4c3C(=C2OC2OC(CO)C(O)C(O)C2O)C=C(c2ccc(O)c([OH+]C)c2)O4)cc(OC)c1O. The van der Waals surface area contributed by atoms with Gasteiger partial charge in [0.1, 0.15) is 47.4 Å². The van der Waals surface area contributed by atoms with Crippen LogP contribution >= 0.6 is 0 Å². The van der Waals surface area contributed by atoms with Crippen molar-refractivity contribution in [3.05, 3.63) is 71.0 Å². The molecule has 3 aliphatic rings. The van der Waals surface area contributed by atoms with Crippen LogP contribution in [0.5, 0.6) is 46.0 Å². The zero-order valence-electron chi connectivity index (χ0n) is 24.8. The molecule has 244 valence electrons. The monoisotopic (exact) mass is 641 g/mol. The second kappa shape index (κ2) is 12.2. The van der Waals surface area contributed by atoms with E-state index < -0.39 is 43.4 Å². The molecule has 1 saturated heterocycles. The number of phenols is 3. The van der Waals surface area contributed by atoms with Crippen molar-refractivity contribution in [2.45, 2.75) is 36.8 Å². The summed E-state index contributed by atoms with van der Waals surface area (Å²) in [6.45, 7) is -0.682. The van der Waals surface area contributed by atoms with E-state index in [0.717, 1.165) is 0 Å². The van der Waals surface area contributed by atoms with Crippen molar-refractivity contribution in [1.82, 2.24) is 0 Å². The molecule has 3 heterocycles. The summed E-state index contributed by atoms with van der Waals surface area (Å²) in [4.78, 5) is 0. The van der Waals surface area contributed by atoms with Crippen LogP contribution < -0.4 is 18.9 Å². The Labute approximate surface area is 262 Å². The quantitative estimate of drug-likeness (QED) is 0.138. The van der Waals surface area contributed by atoms with Crippen molar-refractivity contribution in [3.8, 4) is 46.0 Å². The molecular formula is C32H33O14+. The summed E-state index contributed by atoms with van der Waals surface area (Å²) in [5.74, 6) is 0.542. The molecule has 46 heavy (non-hydrogen) atoms. The molecule has 0 amide bonds. The van der Waals surface area contributed by atoms with Crippen LogP contribution in [0.1, 0.15) is 22.8 Å². The van der Waals surface area contributed by atoms with Gasteiger partial charge in [0.2, 0.25) is 17.8 Å². The molecule has 3 aliphatic heterocycles. The van der Waals surface area contributed by atoms with E-state index in [1.807, 2.05) is 0 Å². The van der Waals surface area contributed by atoms with Gasteiger partial charge in [0, 0.05) is 34.9 Å². The standard InChI is InChI=1S/C32H32O14/c1-40-19-6-13(4-5-17(19)35)18-11-16-25-20(43-18)9-15(34)10-21(25)44-30(14-7-22(41-2)26(36)23(8-14)42-3)31(16)46-32-29(39)28(38)27(37)24(12-33)45-32/h4-11,24,27-30,32-39H,12H2,1-3H3/p+1. The average Bonchev–Trinajstić information content (AvgIpc) is 3.05. The van der Waals surface area contributed by atoms with Gasteiger partial charge in [-0.25, -0.2) is 0 Å². The van der Waals surface area contributed by atoms with E-state index in [1.165, 1.54) is 51.7 Å². The average molecular weight is 642 g/mol. The van der Waals surface area contributed by atoms with Gasteiger partial charge in [0.25, 0.3) is 5.75 Å². The summed E-state index contributed by atoms with van der Waals surface area (Å²) in [5, 5.41) is 73.0. The molecule has 14 heteroatoms. The van der Waals surface area contributed by atoms with Crippen LogP contribution in [-0.4, -0.2) is 99.1 Å². The predicted molar refractivity (Wildman–Crippen MR) is 159 cm³/mol. The highest BCUT2D eigenvalue weighted by atomic mass is 16.7. The van der Waals surface area contributed by atoms with Crippen LogP contribution in [0.3, 0.4) is 0 Å². The van der Waals surface area contributed by atoms with Crippen LogP contribution in [0.4, 0.5) is 0 Å². The van der Waals surface area contributed by atoms with E-state index in [-0.39, 0.29) is 51.8 Å². The lowest BCUT2D eigenvalue weighted by atomic mass is 9.91. The van der Waals surface area contributed by atoms with E-state index in [1.54, 1.807) is 18.2 Å². The van der Waals surface area contributed by atoms with Crippen molar-refractivity contribution in [2.24, 2.45) is 0 Å². The fourth-order valence-electron chi connectivity index (χ4n) is 5.58. The minimum Gasteiger partial charge on any atom is -0.582 e. The molecule has 0 bridgehead atoms. The first-order valence-electron chi connectivity index (χ1n) is 14.1. The second-order valence-corrected chi connectivity index (χ2v) is 10.7. The van der Waals surface area contributed by atoms with Crippen LogP contribution in [0.15, 0.2) is 54.3 Å². The fourth-order valence-corrected chi connectivity index (χ4v) is 5.58. The van der Waals surface area contributed by atoms with Crippen LogP contribution in [0, 0.1) is 0 Å². The third kappa shape index (κ3) is 5.25. The zero-order valence-corrected chi connectivity index (χ0v) is 24.8. The lowest BCUT2D eigenvalue weighted by Gasteiger charge is -2.42. The Balaban J connectivity index is 1.59. The first-order valence-corrected chi connectivity index (χ1v) is 14.1. The van der Waals surface area contributed by atoms with E-state index >= 15 is 0 Å². The van der Waals surface area contributed by atoms with Gasteiger partial charge in [-0.2, -0.15) is 0 Å². The largest absolute Gasteiger partial charge is 0.582 e. The molecule has 0 saturated carbocycles. The molecule has 0 spiro atoms. The number of hydrogen-bond acceptors (Lipinski definition) is 13. The van der Waals surface area contributed by atoms with E-state index in [2.05, 4.69) is 4.74 Å². The number of aliphatic hydroxyl groups excluding tert-OH is 4. The Hall–Kier alpha value is -4.86. The Kier molecular flexibility index (Phi) is 8.22. The van der Waals surface area contributed by atoms with Crippen molar-refractivity contribution < 1.29 is 68.9 Å². The summed E-state index contributed by atoms with van der Waals surface area (Å²) in [6, 6.07) is 10.4. The minimum atomic E-state index is -1.76. The Morgan fingerprint density at radius 3 is 2.22 bits per heavy atom.